The van der Waals surface area contributed by atoms with Gasteiger partial charge in [0, 0.05) is 12.6 Å². The van der Waals surface area contributed by atoms with Crippen molar-refractivity contribution >= 4 is 0 Å². The maximum atomic E-state index is 10.3. The molecule has 0 spiro atoms. The number of aliphatic hydroxyl groups excluding tert-OH is 1. The van der Waals surface area contributed by atoms with E-state index < -0.39 is 6.10 Å². The maximum Gasteiger partial charge on any atom is 0.0987 e. The van der Waals surface area contributed by atoms with Gasteiger partial charge in [0.05, 0.1) is 24.5 Å². The second-order valence-corrected chi connectivity index (χ2v) is 4.81. The number of benzene rings is 1. The lowest BCUT2D eigenvalue weighted by Crippen LogP contribution is -2.18. The highest BCUT2D eigenvalue weighted by Crippen LogP contribution is 2.33. The number of nitrogens with zero attached hydrogens (tertiary/aromatic N) is 1. The second kappa shape index (κ2) is 5.51. The van der Waals surface area contributed by atoms with E-state index >= 15 is 0 Å². The normalized spacial score (nSPS) is 19.7. The first-order valence-corrected chi connectivity index (χ1v) is 6.63. The standard InChI is InChI=1S/C16H17NO2/c18-15(14-7-3-4-9-17-14)11-16-13-6-2-1-5-12(13)8-10-19-16/h1-7,9,15-16,18H,8,10-11H2. The predicted octanol–water partition coefficient (Wildman–Crippen LogP) is 2.82. The van der Waals surface area contributed by atoms with Crippen LogP contribution < -0.4 is 0 Å². The minimum absolute atomic E-state index is 0.0399. The summed E-state index contributed by atoms with van der Waals surface area (Å²) in [5.41, 5.74) is 3.23. The quantitative estimate of drug-likeness (QED) is 0.917. The van der Waals surface area contributed by atoms with Crippen molar-refractivity contribution in [2.75, 3.05) is 6.61 Å². The Balaban J connectivity index is 1.78. The third-order valence-corrected chi connectivity index (χ3v) is 3.56. The van der Waals surface area contributed by atoms with Crippen LogP contribution in [-0.4, -0.2) is 16.7 Å². The average molecular weight is 255 g/mol. The summed E-state index contributed by atoms with van der Waals surface area (Å²) < 4.78 is 5.81. The van der Waals surface area contributed by atoms with Gasteiger partial charge in [0.1, 0.15) is 0 Å². The summed E-state index contributed by atoms with van der Waals surface area (Å²) in [6, 6.07) is 13.9. The SMILES string of the molecule is OC(CC1OCCc2ccccc21)c1ccccn1. The molecule has 0 aliphatic carbocycles. The van der Waals surface area contributed by atoms with Crippen molar-refractivity contribution in [3.05, 3.63) is 65.5 Å². The zero-order valence-corrected chi connectivity index (χ0v) is 10.7. The highest BCUT2D eigenvalue weighted by atomic mass is 16.5. The van der Waals surface area contributed by atoms with Crippen LogP contribution in [0.1, 0.15) is 35.4 Å². The molecule has 1 aliphatic rings. The molecule has 0 bridgehead atoms. The van der Waals surface area contributed by atoms with Gasteiger partial charge in [-0.25, -0.2) is 0 Å². The van der Waals surface area contributed by atoms with E-state index in [0.29, 0.717) is 12.1 Å². The minimum atomic E-state index is -0.586. The summed E-state index contributed by atoms with van der Waals surface area (Å²) in [5.74, 6) is 0. The maximum absolute atomic E-state index is 10.3. The highest BCUT2D eigenvalue weighted by Gasteiger charge is 2.24. The van der Waals surface area contributed by atoms with Crippen molar-refractivity contribution < 1.29 is 9.84 Å². The van der Waals surface area contributed by atoms with Crippen molar-refractivity contribution in [2.24, 2.45) is 0 Å². The Kier molecular flexibility index (Phi) is 3.58. The summed E-state index contributed by atoms with van der Waals surface area (Å²) in [6.45, 7) is 0.719. The molecule has 19 heavy (non-hydrogen) atoms. The zero-order valence-electron chi connectivity index (χ0n) is 10.7. The number of ether oxygens (including phenoxy) is 1. The summed E-state index contributed by atoms with van der Waals surface area (Å²) in [5, 5.41) is 10.3. The van der Waals surface area contributed by atoms with Crippen LogP contribution >= 0.6 is 0 Å². The Bertz CT molecular complexity index is 541. The fourth-order valence-corrected chi connectivity index (χ4v) is 2.57. The first-order valence-electron chi connectivity index (χ1n) is 6.63. The van der Waals surface area contributed by atoms with Crippen molar-refractivity contribution in [1.29, 1.82) is 0 Å². The lowest BCUT2D eigenvalue weighted by molar-refractivity contribution is 0.00282. The Morgan fingerprint density at radius 3 is 2.89 bits per heavy atom. The Hall–Kier alpha value is -1.71. The fraction of sp³-hybridized carbons (Fsp3) is 0.312. The molecule has 3 rings (SSSR count). The van der Waals surface area contributed by atoms with Crippen molar-refractivity contribution in [3.8, 4) is 0 Å². The van der Waals surface area contributed by atoms with E-state index in [-0.39, 0.29) is 6.10 Å². The molecule has 0 radical (unpaired) electrons. The minimum Gasteiger partial charge on any atom is -0.387 e. The molecule has 2 aromatic rings. The first kappa shape index (κ1) is 12.3. The van der Waals surface area contributed by atoms with E-state index in [1.54, 1.807) is 6.20 Å². The third-order valence-electron chi connectivity index (χ3n) is 3.56. The molecule has 2 heterocycles. The average Bonchev–Trinajstić information content (AvgIpc) is 2.48. The molecular formula is C16H17NO2. The number of rotatable bonds is 3. The number of aromatic nitrogens is 1. The van der Waals surface area contributed by atoms with Gasteiger partial charge in [0.25, 0.3) is 0 Å². The van der Waals surface area contributed by atoms with Crippen molar-refractivity contribution in [2.45, 2.75) is 25.0 Å². The second-order valence-electron chi connectivity index (χ2n) is 4.81. The highest BCUT2D eigenvalue weighted by molar-refractivity contribution is 5.31. The van der Waals surface area contributed by atoms with E-state index in [4.69, 9.17) is 4.74 Å². The number of hydrogen-bond acceptors (Lipinski definition) is 3. The molecule has 1 aromatic carbocycles. The molecule has 0 saturated carbocycles. The Morgan fingerprint density at radius 2 is 2.05 bits per heavy atom. The smallest absolute Gasteiger partial charge is 0.0987 e. The van der Waals surface area contributed by atoms with Crippen LogP contribution in [0, 0.1) is 0 Å². The van der Waals surface area contributed by atoms with Crippen LogP contribution in [0.5, 0.6) is 0 Å². The van der Waals surface area contributed by atoms with Crippen LogP contribution in [0.15, 0.2) is 48.7 Å². The van der Waals surface area contributed by atoms with Gasteiger partial charge in [-0.15, -0.1) is 0 Å². The summed E-state index contributed by atoms with van der Waals surface area (Å²) in [6.07, 6.45) is 2.58. The Labute approximate surface area is 112 Å². The fourth-order valence-electron chi connectivity index (χ4n) is 2.57. The van der Waals surface area contributed by atoms with Crippen LogP contribution in [0.3, 0.4) is 0 Å². The van der Waals surface area contributed by atoms with Gasteiger partial charge < -0.3 is 9.84 Å². The molecule has 1 N–H and O–H groups in total. The first-order chi connectivity index (χ1) is 9.34. The van der Waals surface area contributed by atoms with Crippen LogP contribution in [0.4, 0.5) is 0 Å². The largest absolute Gasteiger partial charge is 0.387 e. The molecule has 0 amide bonds. The van der Waals surface area contributed by atoms with E-state index in [9.17, 15) is 5.11 Å². The topological polar surface area (TPSA) is 42.4 Å². The summed E-state index contributed by atoms with van der Waals surface area (Å²) >= 11 is 0. The lowest BCUT2D eigenvalue weighted by Gasteiger charge is -2.27. The molecule has 1 aromatic heterocycles. The van der Waals surface area contributed by atoms with Crippen molar-refractivity contribution in [3.63, 3.8) is 0 Å². The van der Waals surface area contributed by atoms with Crippen molar-refractivity contribution in [1.82, 2.24) is 4.98 Å². The zero-order chi connectivity index (χ0) is 13.1. The molecule has 1 aliphatic heterocycles. The number of pyridine rings is 1. The molecule has 3 heteroatoms. The van der Waals surface area contributed by atoms with Gasteiger partial charge >= 0.3 is 0 Å². The summed E-state index contributed by atoms with van der Waals surface area (Å²) in [7, 11) is 0. The number of fused-ring (bicyclic) bond motifs is 1. The van der Waals surface area contributed by atoms with Crippen LogP contribution in [0.25, 0.3) is 0 Å². The molecule has 3 nitrogen and oxygen atoms in total. The van der Waals surface area contributed by atoms with Gasteiger partial charge in [0.2, 0.25) is 0 Å². The van der Waals surface area contributed by atoms with E-state index in [0.717, 1.165) is 13.0 Å². The van der Waals surface area contributed by atoms with Crippen LogP contribution in [-0.2, 0) is 11.2 Å². The third kappa shape index (κ3) is 2.67. The van der Waals surface area contributed by atoms with Gasteiger partial charge in [-0.05, 0) is 29.7 Å². The molecule has 98 valence electrons. The number of aliphatic hydroxyl groups is 1. The van der Waals surface area contributed by atoms with Gasteiger partial charge in [-0.1, -0.05) is 30.3 Å². The predicted molar refractivity (Wildman–Crippen MR) is 72.7 cm³/mol. The van der Waals surface area contributed by atoms with E-state index in [1.165, 1.54) is 11.1 Å². The van der Waals surface area contributed by atoms with E-state index in [2.05, 4.69) is 23.2 Å². The molecule has 0 saturated heterocycles. The Morgan fingerprint density at radius 1 is 1.21 bits per heavy atom. The molecule has 2 unspecified atom stereocenters. The lowest BCUT2D eigenvalue weighted by atomic mass is 9.93. The van der Waals surface area contributed by atoms with Crippen LogP contribution in [0.2, 0.25) is 0 Å². The monoisotopic (exact) mass is 255 g/mol. The molecular weight excluding hydrogens is 238 g/mol. The summed E-state index contributed by atoms with van der Waals surface area (Å²) in [4.78, 5) is 4.19. The number of hydrogen-bond donors (Lipinski definition) is 1. The van der Waals surface area contributed by atoms with Gasteiger partial charge in [-0.3, -0.25) is 4.98 Å². The van der Waals surface area contributed by atoms with E-state index in [1.807, 2.05) is 24.3 Å². The van der Waals surface area contributed by atoms with Gasteiger partial charge in [0.15, 0.2) is 0 Å². The van der Waals surface area contributed by atoms with Gasteiger partial charge in [-0.2, -0.15) is 0 Å². The molecule has 2 atom stereocenters. The molecule has 0 fully saturated rings.